The number of hydrogen-bond acceptors (Lipinski definition) is 2. The van der Waals surface area contributed by atoms with E-state index in [2.05, 4.69) is 5.32 Å². The van der Waals surface area contributed by atoms with Gasteiger partial charge in [-0.2, -0.15) is 0 Å². The van der Waals surface area contributed by atoms with Gasteiger partial charge in [0, 0.05) is 25.2 Å². The summed E-state index contributed by atoms with van der Waals surface area (Å²) in [7, 11) is 0. The van der Waals surface area contributed by atoms with Crippen molar-refractivity contribution in [1.29, 1.82) is 0 Å². The highest BCUT2D eigenvalue weighted by Crippen LogP contribution is 2.20. The number of fused-ring (bicyclic) bond motifs is 4. The maximum atomic E-state index is 10.6. The van der Waals surface area contributed by atoms with Gasteiger partial charge >= 0.3 is 0 Å². The van der Waals surface area contributed by atoms with Gasteiger partial charge in [0.05, 0.1) is 0 Å². The lowest BCUT2D eigenvalue weighted by Gasteiger charge is -2.28. The molecule has 0 aromatic rings. The standard InChI is InChI=1S/C8H14N2O/c11-6-10-4-3-7-1-2-8(10)5-9-7/h6-9H,1-5H2. The fourth-order valence-corrected chi connectivity index (χ4v) is 2.06. The summed E-state index contributed by atoms with van der Waals surface area (Å²) in [6.07, 6.45) is 4.57. The van der Waals surface area contributed by atoms with Gasteiger partial charge in [-0.3, -0.25) is 4.79 Å². The predicted molar refractivity (Wildman–Crippen MR) is 42.2 cm³/mol. The van der Waals surface area contributed by atoms with Crippen molar-refractivity contribution < 1.29 is 4.79 Å². The summed E-state index contributed by atoms with van der Waals surface area (Å²) in [6.45, 7) is 1.95. The first kappa shape index (κ1) is 7.10. The molecule has 0 aromatic heterocycles. The highest BCUT2D eigenvalue weighted by atomic mass is 16.1. The number of rotatable bonds is 1. The van der Waals surface area contributed by atoms with Gasteiger partial charge in [0.1, 0.15) is 0 Å². The fraction of sp³-hybridized carbons (Fsp3) is 0.875. The second-order valence-corrected chi connectivity index (χ2v) is 3.47. The maximum absolute atomic E-state index is 10.6. The Morgan fingerprint density at radius 2 is 2.27 bits per heavy atom. The van der Waals surface area contributed by atoms with Crippen LogP contribution in [0.4, 0.5) is 0 Å². The monoisotopic (exact) mass is 154 g/mol. The van der Waals surface area contributed by atoms with Gasteiger partial charge < -0.3 is 10.2 Å². The molecule has 3 nitrogen and oxygen atoms in total. The molecule has 3 heterocycles. The van der Waals surface area contributed by atoms with E-state index in [9.17, 15) is 4.79 Å². The Bertz CT molecular complexity index is 152. The molecular weight excluding hydrogens is 140 g/mol. The molecule has 3 fully saturated rings. The minimum Gasteiger partial charge on any atom is -0.341 e. The lowest BCUT2D eigenvalue weighted by atomic mass is 10.0. The summed E-state index contributed by atoms with van der Waals surface area (Å²) in [5.74, 6) is 0. The van der Waals surface area contributed by atoms with Gasteiger partial charge in [-0.05, 0) is 19.3 Å². The predicted octanol–water partition coefficient (Wildman–Crippen LogP) is -0.0309. The minimum absolute atomic E-state index is 0.478. The molecule has 3 heteroatoms. The molecule has 62 valence electrons. The third kappa shape index (κ3) is 1.25. The molecule has 0 aliphatic carbocycles. The average molecular weight is 154 g/mol. The van der Waals surface area contributed by atoms with E-state index in [1.165, 1.54) is 12.8 Å². The topological polar surface area (TPSA) is 32.3 Å². The zero-order valence-electron chi connectivity index (χ0n) is 6.62. The molecule has 2 unspecified atom stereocenters. The molecule has 3 saturated heterocycles. The zero-order chi connectivity index (χ0) is 7.68. The summed E-state index contributed by atoms with van der Waals surface area (Å²) in [4.78, 5) is 12.5. The molecule has 2 atom stereocenters. The summed E-state index contributed by atoms with van der Waals surface area (Å²) >= 11 is 0. The molecule has 1 N–H and O–H groups in total. The van der Waals surface area contributed by atoms with E-state index in [0.717, 1.165) is 25.9 Å². The van der Waals surface area contributed by atoms with Gasteiger partial charge in [-0.15, -0.1) is 0 Å². The van der Waals surface area contributed by atoms with Crippen LogP contribution >= 0.6 is 0 Å². The number of nitrogens with zero attached hydrogens (tertiary/aromatic N) is 1. The van der Waals surface area contributed by atoms with E-state index in [4.69, 9.17) is 0 Å². The van der Waals surface area contributed by atoms with Crippen LogP contribution < -0.4 is 5.32 Å². The van der Waals surface area contributed by atoms with Crippen molar-refractivity contribution in [2.45, 2.75) is 31.3 Å². The molecule has 11 heavy (non-hydrogen) atoms. The number of amides is 1. The van der Waals surface area contributed by atoms with Crippen molar-refractivity contribution in [2.24, 2.45) is 0 Å². The van der Waals surface area contributed by atoms with Crippen LogP contribution in [0.25, 0.3) is 0 Å². The third-order valence-corrected chi connectivity index (χ3v) is 2.83. The first-order valence-electron chi connectivity index (χ1n) is 4.34. The molecule has 3 rings (SSSR count). The average Bonchev–Trinajstić information content (AvgIpc) is 2.36. The molecule has 0 radical (unpaired) electrons. The quantitative estimate of drug-likeness (QED) is 0.538. The Morgan fingerprint density at radius 1 is 1.36 bits per heavy atom. The lowest BCUT2D eigenvalue weighted by Crippen LogP contribution is -2.43. The zero-order valence-corrected chi connectivity index (χ0v) is 6.62. The molecular formula is C8H14N2O. The first-order chi connectivity index (χ1) is 5.40. The Hall–Kier alpha value is -0.570. The van der Waals surface area contributed by atoms with Crippen LogP contribution in [0.3, 0.4) is 0 Å². The van der Waals surface area contributed by atoms with Crippen LogP contribution in [0.5, 0.6) is 0 Å². The Kier molecular flexibility index (Phi) is 1.82. The highest BCUT2D eigenvalue weighted by molar-refractivity contribution is 5.48. The van der Waals surface area contributed by atoms with Gasteiger partial charge in [-0.1, -0.05) is 0 Å². The SMILES string of the molecule is O=CN1CCC2CCC1CN2. The van der Waals surface area contributed by atoms with E-state index < -0.39 is 0 Å². The van der Waals surface area contributed by atoms with Crippen molar-refractivity contribution in [3.8, 4) is 0 Å². The van der Waals surface area contributed by atoms with Crippen LogP contribution in [0.2, 0.25) is 0 Å². The van der Waals surface area contributed by atoms with E-state index >= 15 is 0 Å². The number of nitrogens with one attached hydrogen (secondary N) is 1. The summed E-state index contributed by atoms with van der Waals surface area (Å²) in [5.41, 5.74) is 0. The third-order valence-electron chi connectivity index (χ3n) is 2.83. The Labute approximate surface area is 66.8 Å². The molecule has 0 spiro atoms. The molecule has 0 saturated carbocycles. The van der Waals surface area contributed by atoms with E-state index in [1.807, 2.05) is 4.90 Å². The van der Waals surface area contributed by atoms with Crippen molar-refractivity contribution in [3.05, 3.63) is 0 Å². The number of piperidine rings is 1. The van der Waals surface area contributed by atoms with E-state index in [-0.39, 0.29) is 0 Å². The second kappa shape index (κ2) is 2.81. The minimum atomic E-state index is 0.478. The fourth-order valence-electron chi connectivity index (χ4n) is 2.06. The normalized spacial score (nSPS) is 36.9. The van der Waals surface area contributed by atoms with Crippen molar-refractivity contribution in [1.82, 2.24) is 10.2 Å². The number of carbonyl (C=O) groups excluding carboxylic acids is 1. The van der Waals surface area contributed by atoms with Crippen LogP contribution in [-0.4, -0.2) is 36.5 Å². The molecule has 3 aliphatic heterocycles. The van der Waals surface area contributed by atoms with Crippen molar-refractivity contribution >= 4 is 6.41 Å². The summed E-state index contributed by atoms with van der Waals surface area (Å²) < 4.78 is 0. The second-order valence-electron chi connectivity index (χ2n) is 3.47. The lowest BCUT2D eigenvalue weighted by molar-refractivity contribution is -0.119. The largest absolute Gasteiger partial charge is 0.341 e. The van der Waals surface area contributed by atoms with Crippen molar-refractivity contribution in [2.75, 3.05) is 13.1 Å². The summed E-state index contributed by atoms with van der Waals surface area (Å²) in [6, 6.07) is 1.16. The maximum Gasteiger partial charge on any atom is 0.209 e. The first-order valence-corrected chi connectivity index (χ1v) is 4.34. The van der Waals surface area contributed by atoms with Crippen LogP contribution in [-0.2, 0) is 4.79 Å². The smallest absolute Gasteiger partial charge is 0.209 e. The van der Waals surface area contributed by atoms with Crippen molar-refractivity contribution in [3.63, 3.8) is 0 Å². The van der Waals surface area contributed by atoms with Gasteiger partial charge in [-0.25, -0.2) is 0 Å². The number of hydrogen-bond donors (Lipinski definition) is 1. The van der Waals surface area contributed by atoms with Gasteiger partial charge in [0.25, 0.3) is 0 Å². The van der Waals surface area contributed by atoms with Crippen LogP contribution in [0.15, 0.2) is 0 Å². The molecule has 0 aromatic carbocycles. The Morgan fingerprint density at radius 3 is 2.91 bits per heavy atom. The molecule has 3 aliphatic rings. The molecule has 2 bridgehead atoms. The molecule has 1 amide bonds. The van der Waals surface area contributed by atoms with Crippen LogP contribution in [0.1, 0.15) is 19.3 Å². The summed E-state index contributed by atoms with van der Waals surface area (Å²) in [5, 5.41) is 3.44. The van der Waals surface area contributed by atoms with Gasteiger partial charge in [0.2, 0.25) is 6.41 Å². The van der Waals surface area contributed by atoms with Crippen LogP contribution in [0, 0.1) is 0 Å². The van der Waals surface area contributed by atoms with E-state index in [0.29, 0.717) is 12.1 Å². The number of carbonyl (C=O) groups is 1. The van der Waals surface area contributed by atoms with Gasteiger partial charge in [0.15, 0.2) is 0 Å². The highest BCUT2D eigenvalue weighted by Gasteiger charge is 2.28. The Balaban J connectivity index is 2.08. The van der Waals surface area contributed by atoms with E-state index in [1.54, 1.807) is 0 Å².